The molecule has 11 heteroatoms. The van der Waals surface area contributed by atoms with Crippen molar-refractivity contribution in [1.29, 1.82) is 0 Å². The molecule has 4 aromatic rings. The lowest BCUT2D eigenvalue weighted by Crippen LogP contribution is -2.70. The molecule has 0 bridgehead atoms. The number of halogens is 1. The SMILES string of the molecule is O=C(Cc1ccco1)N[C@@H]1C(=O)N2C(C(=O)O)=C(Sc3ccc4c(c3)oc3cc(CCl)ccc34)CS[C@H]12. The van der Waals surface area contributed by atoms with Gasteiger partial charge in [0.05, 0.1) is 12.7 Å². The van der Waals surface area contributed by atoms with E-state index in [1.54, 1.807) is 12.1 Å². The number of carboxylic acids is 1. The van der Waals surface area contributed by atoms with Crippen molar-refractivity contribution >= 4 is 74.8 Å². The first kappa shape index (κ1) is 24.0. The molecule has 2 N–H and O–H groups in total. The van der Waals surface area contributed by atoms with E-state index < -0.39 is 23.3 Å². The molecule has 2 aliphatic rings. The second-order valence-electron chi connectivity index (χ2n) is 8.61. The van der Waals surface area contributed by atoms with Gasteiger partial charge in [-0.3, -0.25) is 14.5 Å². The number of rotatable bonds is 7. The van der Waals surface area contributed by atoms with E-state index in [1.807, 2.05) is 36.4 Å². The lowest BCUT2D eigenvalue weighted by atomic mass is 10.0. The van der Waals surface area contributed by atoms with Crippen LogP contribution >= 0.6 is 35.1 Å². The third kappa shape index (κ3) is 4.28. The number of nitrogens with zero attached hydrogens (tertiary/aromatic N) is 1. The monoisotopic (exact) mass is 554 g/mol. The zero-order valence-electron chi connectivity index (χ0n) is 19.1. The maximum absolute atomic E-state index is 12.9. The third-order valence-electron chi connectivity index (χ3n) is 6.27. The topological polar surface area (TPSA) is 113 Å². The number of fused-ring (bicyclic) bond motifs is 4. The van der Waals surface area contributed by atoms with Gasteiger partial charge in [0.2, 0.25) is 5.91 Å². The molecule has 188 valence electrons. The van der Waals surface area contributed by atoms with Crippen LogP contribution in [-0.2, 0) is 26.7 Å². The number of furan rings is 2. The number of β-lactam (4-membered cyclic amide) rings is 1. The Kier molecular flexibility index (Phi) is 6.18. The predicted octanol–water partition coefficient (Wildman–Crippen LogP) is 4.95. The highest BCUT2D eigenvalue weighted by atomic mass is 35.5. The van der Waals surface area contributed by atoms with Crippen LogP contribution in [0.1, 0.15) is 11.3 Å². The van der Waals surface area contributed by atoms with Crippen LogP contribution in [0.4, 0.5) is 0 Å². The Bertz CT molecular complexity index is 1600. The number of carboxylic acid groups (broad SMARTS) is 1. The summed E-state index contributed by atoms with van der Waals surface area (Å²) in [5.41, 5.74) is 2.34. The lowest BCUT2D eigenvalue weighted by Gasteiger charge is -2.49. The molecule has 2 aromatic heterocycles. The molecule has 0 spiro atoms. The average molecular weight is 555 g/mol. The second-order valence-corrected chi connectivity index (χ2v) is 11.2. The highest BCUT2D eigenvalue weighted by Gasteiger charge is 2.54. The molecule has 1 fully saturated rings. The van der Waals surface area contributed by atoms with Crippen LogP contribution in [0.25, 0.3) is 21.9 Å². The fraction of sp³-hybridized carbons (Fsp3) is 0.192. The summed E-state index contributed by atoms with van der Waals surface area (Å²) in [5, 5.41) is 14.2. The van der Waals surface area contributed by atoms with E-state index in [4.69, 9.17) is 20.4 Å². The Hall–Kier alpha value is -3.34. The van der Waals surface area contributed by atoms with Crippen molar-refractivity contribution in [3.05, 3.63) is 76.7 Å². The van der Waals surface area contributed by atoms with Crippen LogP contribution in [0, 0.1) is 0 Å². The van der Waals surface area contributed by atoms with Crippen molar-refractivity contribution in [2.24, 2.45) is 0 Å². The Labute approximate surface area is 224 Å². The number of hydrogen-bond donors (Lipinski definition) is 2. The number of aliphatic carboxylic acids is 1. The van der Waals surface area contributed by atoms with Gasteiger partial charge in [-0.2, -0.15) is 0 Å². The van der Waals surface area contributed by atoms with E-state index >= 15 is 0 Å². The number of hydrogen-bond acceptors (Lipinski definition) is 7. The molecule has 2 amide bonds. The lowest BCUT2D eigenvalue weighted by molar-refractivity contribution is -0.150. The zero-order chi connectivity index (χ0) is 25.7. The summed E-state index contributed by atoms with van der Waals surface area (Å²) < 4.78 is 11.2. The predicted molar refractivity (Wildman–Crippen MR) is 141 cm³/mol. The Morgan fingerprint density at radius 3 is 2.68 bits per heavy atom. The molecule has 0 radical (unpaired) electrons. The fourth-order valence-corrected chi connectivity index (χ4v) is 7.22. The van der Waals surface area contributed by atoms with Gasteiger partial charge >= 0.3 is 5.97 Å². The van der Waals surface area contributed by atoms with E-state index in [2.05, 4.69) is 5.32 Å². The van der Waals surface area contributed by atoms with Crippen LogP contribution in [-0.4, -0.2) is 45.0 Å². The molecule has 4 heterocycles. The van der Waals surface area contributed by atoms with E-state index in [-0.39, 0.29) is 18.0 Å². The highest BCUT2D eigenvalue weighted by Crippen LogP contribution is 2.45. The minimum Gasteiger partial charge on any atom is -0.477 e. The fourth-order valence-electron chi connectivity index (χ4n) is 4.56. The van der Waals surface area contributed by atoms with Crippen LogP contribution < -0.4 is 5.32 Å². The first-order chi connectivity index (χ1) is 17.9. The van der Waals surface area contributed by atoms with E-state index in [9.17, 15) is 19.5 Å². The Morgan fingerprint density at radius 2 is 1.95 bits per heavy atom. The van der Waals surface area contributed by atoms with E-state index in [0.717, 1.165) is 26.8 Å². The average Bonchev–Trinajstić information content (AvgIpc) is 3.53. The first-order valence-corrected chi connectivity index (χ1v) is 13.7. The number of benzene rings is 2. The molecule has 0 aliphatic carbocycles. The molecule has 6 rings (SSSR count). The molecule has 37 heavy (non-hydrogen) atoms. The maximum Gasteiger partial charge on any atom is 0.353 e. The van der Waals surface area contributed by atoms with Crippen molar-refractivity contribution in [1.82, 2.24) is 10.2 Å². The molecule has 1 saturated heterocycles. The van der Waals surface area contributed by atoms with Crippen LogP contribution in [0.3, 0.4) is 0 Å². The smallest absolute Gasteiger partial charge is 0.353 e. The van der Waals surface area contributed by atoms with Gasteiger partial charge in [-0.25, -0.2) is 4.79 Å². The molecular formula is C26H19ClN2O6S2. The van der Waals surface area contributed by atoms with Gasteiger partial charge in [-0.1, -0.05) is 23.9 Å². The summed E-state index contributed by atoms with van der Waals surface area (Å²) in [5.74, 6) is -0.705. The van der Waals surface area contributed by atoms with Crippen LogP contribution in [0.5, 0.6) is 0 Å². The van der Waals surface area contributed by atoms with Gasteiger partial charge in [0, 0.05) is 32.2 Å². The molecular weight excluding hydrogens is 536 g/mol. The number of carbonyl (C=O) groups is 3. The number of amides is 2. The maximum atomic E-state index is 12.9. The van der Waals surface area contributed by atoms with Crippen LogP contribution in [0.2, 0.25) is 0 Å². The minimum absolute atomic E-state index is 0.00829. The number of thioether (sulfide) groups is 2. The van der Waals surface area contributed by atoms with Gasteiger partial charge in [0.25, 0.3) is 5.91 Å². The van der Waals surface area contributed by atoms with Crippen molar-refractivity contribution in [2.45, 2.75) is 28.6 Å². The summed E-state index contributed by atoms with van der Waals surface area (Å²) >= 11 is 8.67. The molecule has 0 saturated carbocycles. The summed E-state index contributed by atoms with van der Waals surface area (Å²) in [7, 11) is 0. The Balaban J connectivity index is 1.23. The van der Waals surface area contributed by atoms with Crippen LogP contribution in [0.15, 0.2) is 79.1 Å². The standard InChI is InChI=1S/C26H19ClN2O6S2/c27-11-13-3-5-16-17-6-4-15(10-19(17)35-18(16)8-13)37-20-12-36-25-22(24(31)29(25)23(20)26(32)33)28-21(30)9-14-2-1-7-34-14/h1-8,10,22,25H,9,11-12H2,(H,28,30)(H,32,33)/t22-,25-/m1/s1. The number of carbonyl (C=O) groups excluding carboxylic acids is 2. The zero-order valence-corrected chi connectivity index (χ0v) is 21.5. The second kappa shape index (κ2) is 9.51. The van der Waals surface area contributed by atoms with Crippen molar-refractivity contribution in [3.8, 4) is 0 Å². The third-order valence-corrected chi connectivity index (χ3v) is 9.12. The summed E-state index contributed by atoms with van der Waals surface area (Å²) in [6.45, 7) is 0. The minimum atomic E-state index is -1.18. The van der Waals surface area contributed by atoms with Gasteiger partial charge in [-0.05, 0) is 42.0 Å². The molecule has 8 nitrogen and oxygen atoms in total. The van der Waals surface area contributed by atoms with Gasteiger partial charge in [0.15, 0.2) is 0 Å². The first-order valence-electron chi connectivity index (χ1n) is 11.3. The quantitative estimate of drug-likeness (QED) is 0.244. The van der Waals surface area contributed by atoms with Crippen molar-refractivity contribution in [3.63, 3.8) is 0 Å². The molecule has 0 unspecified atom stereocenters. The van der Waals surface area contributed by atoms with Gasteiger partial charge in [-0.15, -0.1) is 23.4 Å². The Morgan fingerprint density at radius 1 is 1.16 bits per heavy atom. The van der Waals surface area contributed by atoms with Gasteiger partial charge in [0.1, 0.15) is 34.0 Å². The van der Waals surface area contributed by atoms with E-state index in [0.29, 0.717) is 27.9 Å². The highest BCUT2D eigenvalue weighted by molar-refractivity contribution is 8.06. The molecule has 2 aliphatic heterocycles. The summed E-state index contributed by atoms with van der Waals surface area (Å²) in [6, 6.07) is 14.2. The van der Waals surface area contributed by atoms with Crippen molar-refractivity contribution in [2.75, 3.05) is 5.75 Å². The summed E-state index contributed by atoms with van der Waals surface area (Å²) in [6.07, 6.45) is 1.48. The molecule has 2 atom stereocenters. The summed E-state index contributed by atoms with van der Waals surface area (Å²) in [4.78, 5) is 40.1. The van der Waals surface area contributed by atoms with Gasteiger partial charge < -0.3 is 19.3 Å². The molecule has 2 aromatic carbocycles. The number of alkyl halides is 1. The number of nitrogens with one attached hydrogen (secondary N) is 1. The normalized spacial score (nSPS) is 19.3. The van der Waals surface area contributed by atoms with E-state index in [1.165, 1.54) is 34.7 Å². The van der Waals surface area contributed by atoms with Crippen molar-refractivity contribution < 1.29 is 28.3 Å². The largest absolute Gasteiger partial charge is 0.477 e.